The van der Waals surface area contributed by atoms with Gasteiger partial charge in [-0.3, -0.25) is 4.98 Å². The minimum Gasteiger partial charge on any atom is -0.454 e. The van der Waals surface area contributed by atoms with Gasteiger partial charge in [0.15, 0.2) is 11.5 Å². The van der Waals surface area contributed by atoms with Gasteiger partial charge in [0.2, 0.25) is 12.7 Å². The zero-order valence-corrected chi connectivity index (χ0v) is 15.1. The van der Waals surface area contributed by atoms with Crippen LogP contribution >= 0.6 is 0 Å². The van der Waals surface area contributed by atoms with Crippen LogP contribution in [0.4, 0.5) is 11.8 Å². The number of hydrogen-bond donors (Lipinski definition) is 1. The predicted octanol–water partition coefficient (Wildman–Crippen LogP) is 2.89. The number of benzene rings is 1. The van der Waals surface area contributed by atoms with Crippen molar-refractivity contribution < 1.29 is 9.47 Å². The second-order valence-corrected chi connectivity index (χ2v) is 6.31. The monoisotopic (exact) mass is 363 g/mol. The molecule has 0 radical (unpaired) electrons. The largest absolute Gasteiger partial charge is 0.454 e. The number of nitrogens with zero attached hydrogens (tertiary/aromatic N) is 4. The quantitative estimate of drug-likeness (QED) is 0.692. The summed E-state index contributed by atoms with van der Waals surface area (Å²) in [6, 6.07) is 11.8. The van der Waals surface area contributed by atoms with E-state index in [-0.39, 0.29) is 6.79 Å². The predicted molar refractivity (Wildman–Crippen MR) is 103 cm³/mol. The van der Waals surface area contributed by atoms with Gasteiger partial charge in [0.25, 0.3) is 0 Å². The van der Waals surface area contributed by atoms with Crippen LogP contribution in [0.5, 0.6) is 11.5 Å². The molecule has 1 N–H and O–H groups in total. The smallest absolute Gasteiger partial charge is 0.231 e. The Balaban J connectivity index is 1.35. The van der Waals surface area contributed by atoms with Crippen molar-refractivity contribution in [1.82, 2.24) is 15.0 Å². The third kappa shape index (κ3) is 4.25. The first-order valence-corrected chi connectivity index (χ1v) is 8.83. The van der Waals surface area contributed by atoms with Gasteiger partial charge in [-0.05, 0) is 47.9 Å². The van der Waals surface area contributed by atoms with Crippen LogP contribution in [0.1, 0.15) is 11.1 Å². The van der Waals surface area contributed by atoms with Crippen LogP contribution in [0.2, 0.25) is 0 Å². The summed E-state index contributed by atoms with van der Waals surface area (Å²) in [4.78, 5) is 15.1. The number of likely N-dealkylation sites (N-methyl/N-ethyl adjacent to an activating group) is 1. The van der Waals surface area contributed by atoms with Crippen LogP contribution < -0.4 is 19.7 Å². The molecule has 2 aromatic heterocycles. The van der Waals surface area contributed by atoms with Crippen molar-refractivity contribution in [2.45, 2.75) is 13.0 Å². The third-order valence-electron chi connectivity index (χ3n) is 4.38. The fraction of sp³-hybridized carbons (Fsp3) is 0.250. The van der Waals surface area contributed by atoms with Gasteiger partial charge >= 0.3 is 0 Å². The maximum atomic E-state index is 5.42. The lowest BCUT2D eigenvalue weighted by Crippen LogP contribution is -2.22. The van der Waals surface area contributed by atoms with E-state index in [2.05, 4.69) is 20.3 Å². The fourth-order valence-corrected chi connectivity index (χ4v) is 2.82. The van der Waals surface area contributed by atoms with Crippen LogP contribution in [-0.4, -0.2) is 35.3 Å². The highest BCUT2D eigenvalue weighted by atomic mass is 16.7. The lowest BCUT2D eigenvalue weighted by molar-refractivity contribution is 0.174. The number of ether oxygens (including phenoxy) is 2. The summed E-state index contributed by atoms with van der Waals surface area (Å²) >= 11 is 0. The molecule has 7 heteroatoms. The van der Waals surface area contributed by atoms with Crippen LogP contribution in [0.3, 0.4) is 0 Å². The van der Waals surface area contributed by atoms with Gasteiger partial charge in [0.1, 0.15) is 5.82 Å². The average Bonchev–Trinajstić information content (AvgIpc) is 3.19. The minimum atomic E-state index is 0.285. The van der Waals surface area contributed by atoms with Gasteiger partial charge in [-0.2, -0.15) is 4.98 Å². The Morgan fingerprint density at radius 3 is 2.74 bits per heavy atom. The SMILES string of the molecule is CN(CCc1ccncc1)c1nccc(NCc2ccc3c(c2)OCO3)n1. The van der Waals surface area contributed by atoms with Crippen LogP contribution in [0.25, 0.3) is 0 Å². The van der Waals surface area contributed by atoms with E-state index >= 15 is 0 Å². The lowest BCUT2D eigenvalue weighted by Gasteiger charge is -2.17. The second-order valence-electron chi connectivity index (χ2n) is 6.31. The first kappa shape index (κ1) is 17.1. The third-order valence-corrected chi connectivity index (χ3v) is 4.38. The molecule has 0 atom stereocenters. The van der Waals surface area contributed by atoms with E-state index in [0.29, 0.717) is 12.5 Å². The molecular formula is C20H21N5O2. The molecule has 0 amide bonds. The van der Waals surface area contributed by atoms with Gasteiger partial charge in [-0.15, -0.1) is 0 Å². The van der Waals surface area contributed by atoms with E-state index in [1.54, 1.807) is 6.20 Å². The molecule has 0 saturated carbocycles. The molecule has 0 saturated heterocycles. The van der Waals surface area contributed by atoms with Crippen LogP contribution in [-0.2, 0) is 13.0 Å². The zero-order valence-electron chi connectivity index (χ0n) is 15.1. The van der Waals surface area contributed by atoms with E-state index < -0.39 is 0 Å². The first-order chi connectivity index (χ1) is 13.3. The highest BCUT2D eigenvalue weighted by Crippen LogP contribution is 2.32. The Morgan fingerprint density at radius 1 is 1.00 bits per heavy atom. The van der Waals surface area contributed by atoms with Gasteiger partial charge in [0.05, 0.1) is 0 Å². The summed E-state index contributed by atoms with van der Waals surface area (Å²) in [5.74, 6) is 3.06. The Bertz CT molecular complexity index is 904. The second kappa shape index (κ2) is 7.90. The minimum absolute atomic E-state index is 0.285. The average molecular weight is 363 g/mol. The van der Waals surface area contributed by atoms with Gasteiger partial charge in [-0.25, -0.2) is 4.98 Å². The first-order valence-electron chi connectivity index (χ1n) is 8.83. The number of rotatable bonds is 7. The molecule has 1 aromatic carbocycles. The summed E-state index contributed by atoms with van der Waals surface area (Å²) in [5, 5.41) is 3.34. The molecule has 0 aliphatic carbocycles. The lowest BCUT2D eigenvalue weighted by atomic mass is 10.2. The highest BCUT2D eigenvalue weighted by molar-refractivity contribution is 5.46. The molecule has 3 aromatic rings. The van der Waals surface area contributed by atoms with Crippen molar-refractivity contribution in [1.29, 1.82) is 0 Å². The number of nitrogens with one attached hydrogen (secondary N) is 1. The van der Waals surface area contributed by atoms with Crippen molar-refractivity contribution in [3.05, 3.63) is 66.1 Å². The molecule has 7 nitrogen and oxygen atoms in total. The maximum absolute atomic E-state index is 5.42. The molecule has 0 spiro atoms. The summed E-state index contributed by atoms with van der Waals surface area (Å²) in [6.45, 7) is 1.76. The topological polar surface area (TPSA) is 72.4 Å². The number of anilines is 2. The van der Waals surface area contributed by atoms with Gasteiger partial charge in [0, 0.05) is 38.7 Å². The van der Waals surface area contributed by atoms with E-state index in [0.717, 1.165) is 35.8 Å². The maximum Gasteiger partial charge on any atom is 0.231 e. The number of pyridine rings is 1. The fourth-order valence-electron chi connectivity index (χ4n) is 2.82. The van der Waals surface area contributed by atoms with Crippen LogP contribution in [0.15, 0.2) is 55.0 Å². The standard InChI is InChI=1S/C20H21N5O2/c1-25(11-7-15-4-8-21-9-5-15)20-22-10-6-19(24-20)23-13-16-2-3-17-18(12-16)27-14-26-17/h2-6,8-10,12H,7,11,13-14H2,1H3,(H,22,23,24). The Labute approximate surface area is 158 Å². The number of fused-ring (bicyclic) bond motifs is 1. The summed E-state index contributed by atoms with van der Waals surface area (Å²) in [7, 11) is 2.00. The molecular weight excluding hydrogens is 342 g/mol. The molecule has 3 heterocycles. The Hall–Kier alpha value is -3.35. The summed E-state index contributed by atoms with van der Waals surface area (Å²) < 4.78 is 10.8. The zero-order chi connectivity index (χ0) is 18.5. The van der Waals surface area contributed by atoms with E-state index in [4.69, 9.17) is 9.47 Å². The molecule has 27 heavy (non-hydrogen) atoms. The van der Waals surface area contributed by atoms with Crippen molar-refractivity contribution in [3.8, 4) is 11.5 Å². The van der Waals surface area contributed by atoms with Crippen LogP contribution in [0, 0.1) is 0 Å². The molecule has 1 aliphatic rings. The normalized spacial score (nSPS) is 12.0. The number of aromatic nitrogens is 3. The highest BCUT2D eigenvalue weighted by Gasteiger charge is 2.13. The number of hydrogen-bond acceptors (Lipinski definition) is 7. The summed E-state index contributed by atoms with van der Waals surface area (Å²) in [6.07, 6.45) is 6.31. The van der Waals surface area contributed by atoms with Gasteiger partial charge in [-0.1, -0.05) is 6.07 Å². The molecule has 138 valence electrons. The van der Waals surface area contributed by atoms with E-state index in [9.17, 15) is 0 Å². The molecule has 0 fully saturated rings. The summed E-state index contributed by atoms with van der Waals surface area (Å²) in [5.41, 5.74) is 2.35. The van der Waals surface area contributed by atoms with Crippen molar-refractivity contribution in [2.24, 2.45) is 0 Å². The Kier molecular flexibility index (Phi) is 5.00. The molecule has 4 rings (SSSR count). The van der Waals surface area contributed by atoms with E-state index in [1.165, 1.54) is 5.56 Å². The Morgan fingerprint density at radius 2 is 1.85 bits per heavy atom. The van der Waals surface area contributed by atoms with E-state index in [1.807, 2.05) is 60.7 Å². The molecule has 1 aliphatic heterocycles. The van der Waals surface area contributed by atoms with Crippen molar-refractivity contribution in [3.63, 3.8) is 0 Å². The molecule has 0 unspecified atom stereocenters. The van der Waals surface area contributed by atoms with Gasteiger partial charge < -0.3 is 19.7 Å². The van der Waals surface area contributed by atoms with Crippen molar-refractivity contribution >= 4 is 11.8 Å². The van der Waals surface area contributed by atoms with Crippen molar-refractivity contribution in [2.75, 3.05) is 30.6 Å². The molecule has 0 bridgehead atoms.